The minimum Gasteiger partial charge on any atom is -0.316 e. The molecule has 0 aliphatic carbocycles. The van der Waals surface area contributed by atoms with Crippen molar-refractivity contribution in [1.82, 2.24) is 4.98 Å². The average Bonchev–Trinajstić information content (AvgIpc) is 2.07. The van der Waals surface area contributed by atoms with Gasteiger partial charge in [0, 0.05) is 11.8 Å². The lowest BCUT2D eigenvalue weighted by Gasteiger charge is -2.16. The molecule has 2 nitrogen and oxygen atoms in total. The van der Waals surface area contributed by atoms with Crippen molar-refractivity contribution in [2.45, 2.75) is 12.2 Å². The molecule has 0 saturated heterocycles. The van der Waals surface area contributed by atoms with Gasteiger partial charge in [-0.3, -0.25) is 0 Å². The molecule has 0 unspecified atom stereocenters. The lowest BCUT2D eigenvalue weighted by atomic mass is 10.1. The predicted molar refractivity (Wildman–Crippen MR) is 42.2 cm³/mol. The van der Waals surface area contributed by atoms with E-state index in [0.29, 0.717) is 0 Å². The minimum atomic E-state index is -4.70. The van der Waals surface area contributed by atoms with Gasteiger partial charge in [-0.05, 0) is 6.07 Å². The fraction of sp³-hybridized carbons (Fsp3) is 0.286. The standard InChI is InChI=1S/C7H5ClF4N2/c8-6-4(9)3(1-2-14-6)5(13)7(10,11)12/h1-2,5H,13H2/t5-/m1/s1. The van der Waals surface area contributed by atoms with E-state index < -0.39 is 28.8 Å². The first-order chi connectivity index (χ1) is 6.34. The number of aromatic nitrogens is 1. The average molecular weight is 229 g/mol. The zero-order valence-electron chi connectivity index (χ0n) is 6.65. The Bertz CT molecular complexity index is 339. The Labute approximate surface area is 81.7 Å². The van der Waals surface area contributed by atoms with Gasteiger partial charge in [0.1, 0.15) is 6.04 Å². The summed E-state index contributed by atoms with van der Waals surface area (Å²) in [5.41, 5.74) is 4.08. The largest absolute Gasteiger partial charge is 0.407 e. The third-order valence-corrected chi connectivity index (χ3v) is 1.83. The molecule has 0 bridgehead atoms. The molecule has 7 heteroatoms. The van der Waals surface area contributed by atoms with E-state index in [9.17, 15) is 17.6 Å². The predicted octanol–water partition coefficient (Wildman–Crippen LogP) is 2.44. The Morgan fingerprint density at radius 1 is 1.43 bits per heavy atom. The highest BCUT2D eigenvalue weighted by Crippen LogP contribution is 2.32. The van der Waals surface area contributed by atoms with Crippen LogP contribution in [0.5, 0.6) is 0 Å². The quantitative estimate of drug-likeness (QED) is 0.592. The van der Waals surface area contributed by atoms with Crippen LogP contribution in [0.3, 0.4) is 0 Å². The zero-order valence-corrected chi connectivity index (χ0v) is 7.40. The molecule has 1 aromatic rings. The van der Waals surface area contributed by atoms with E-state index >= 15 is 0 Å². The molecule has 1 rings (SSSR count). The van der Waals surface area contributed by atoms with Crippen LogP contribution in [0.15, 0.2) is 12.3 Å². The van der Waals surface area contributed by atoms with E-state index in [0.717, 1.165) is 12.3 Å². The van der Waals surface area contributed by atoms with Gasteiger partial charge in [0.05, 0.1) is 0 Å². The normalized spacial score (nSPS) is 14.1. The molecule has 0 radical (unpaired) electrons. The van der Waals surface area contributed by atoms with Gasteiger partial charge in [-0.15, -0.1) is 0 Å². The molecule has 1 heterocycles. The lowest BCUT2D eigenvalue weighted by Crippen LogP contribution is -2.29. The summed E-state index contributed by atoms with van der Waals surface area (Å²) in [6.07, 6.45) is -3.74. The number of hydrogen-bond donors (Lipinski definition) is 1. The molecular formula is C7H5ClF4N2. The van der Waals surface area contributed by atoms with Gasteiger partial charge in [-0.2, -0.15) is 13.2 Å². The molecule has 14 heavy (non-hydrogen) atoms. The van der Waals surface area contributed by atoms with E-state index in [4.69, 9.17) is 17.3 Å². The highest BCUT2D eigenvalue weighted by atomic mass is 35.5. The number of halogens is 5. The van der Waals surface area contributed by atoms with Gasteiger partial charge in [0.25, 0.3) is 0 Å². The summed E-state index contributed by atoms with van der Waals surface area (Å²) in [7, 11) is 0. The second-order valence-corrected chi connectivity index (χ2v) is 2.88. The minimum absolute atomic E-state index is 0.623. The first-order valence-corrected chi connectivity index (χ1v) is 3.84. The van der Waals surface area contributed by atoms with Gasteiger partial charge in [-0.1, -0.05) is 11.6 Å². The monoisotopic (exact) mass is 228 g/mol. The molecule has 78 valence electrons. The van der Waals surface area contributed by atoms with Crippen LogP contribution in [0.4, 0.5) is 17.6 Å². The second-order valence-electron chi connectivity index (χ2n) is 2.52. The Kier molecular flexibility index (Phi) is 2.96. The van der Waals surface area contributed by atoms with Crippen LogP contribution in [-0.4, -0.2) is 11.2 Å². The Hall–Kier alpha value is -0.880. The van der Waals surface area contributed by atoms with Crippen LogP contribution in [0.2, 0.25) is 5.15 Å². The molecule has 0 saturated carbocycles. The third-order valence-electron chi connectivity index (χ3n) is 1.56. The summed E-state index contributed by atoms with van der Waals surface area (Å²) >= 11 is 5.20. The molecule has 0 fully saturated rings. The smallest absolute Gasteiger partial charge is 0.316 e. The van der Waals surface area contributed by atoms with E-state index in [-0.39, 0.29) is 0 Å². The SMILES string of the molecule is N[C@H](c1ccnc(Cl)c1F)C(F)(F)F. The van der Waals surface area contributed by atoms with Gasteiger partial charge in [0.2, 0.25) is 0 Å². The Morgan fingerprint density at radius 2 is 2.00 bits per heavy atom. The second kappa shape index (κ2) is 3.70. The maximum absolute atomic E-state index is 13.0. The van der Waals surface area contributed by atoms with Crippen molar-refractivity contribution in [2.75, 3.05) is 0 Å². The molecule has 0 aliphatic rings. The van der Waals surface area contributed by atoms with Crippen molar-refractivity contribution < 1.29 is 17.6 Å². The van der Waals surface area contributed by atoms with Crippen LogP contribution in [-0.2, 0) is 0 Å². The van der Waals surface area contributed by atoms with Crippen LogP contribution >= 0.6 is 11.6 Å². The first-order valence-electron chi connectivity index (χ1n) is 3.46. The van der Waals surface area contributed by atoms with Crippen molar-refractivity contribution in [3.05, 3.63) is 28.8 Å². The number of hydrogen-bond acceptors (Lipinski definition) is 2. The molecule has 0 aliphatic heterocycles. The Balaban J connectivity index is 3.14. The van der Waals surface area contributed by atoms with Gasteiger partial charge in [0.15, 0.2) is 11.0 Å². The van der Waals surface area contributed by atoms with Crippen LogP contribution in [0.25, 0.3) is 0 Å². The van der Waals surface area contributed by atoms with E-state index in [1.54, 1.807) is 0 Å². The topological polar surface area (TPSA) is 38.9 Å². The Morgan fingerprint density at radius 3 is 2.50 bits per heavy atom. The lowest BCUT2D eigenvalue weighted by molar-refractivity contribution is -0.149. The number of rotatable bonds is 1. The highest BCUT2D eigenvalue weighted by molar-refractivity contribution is 6.29. The van der Waals surface area contributed by atoms with Gasteiger partial charge in [-0.25, -0.2) is 9.37 Å². The highest BCUT2D eigenvalue weighted by Gasteiger charge is 2.39. The van der Waals surface area contributed by atoms with Crippen LogP contribution in [0.1, 0.15) is 11.6 Å². The number of nitrogens with two attached hydrogens (primary N) is 1. The van der Waals surface area contributed by atoms with Crippen molar-refractivity contribution in [3.63, 3.8) is 0 Å². The van der Waals surface area contributed by atoms with Crippen molar-refractivity contribution in [2.24, 2.45) is 5.73 Å². The first kappa shape index (κ1) is 11.2. The zero-order chi connectivity index (χ0) is 10.9. The molecule has 0 amide bonds. The van der Waals surface area contributed by atoms with Crippen molar-refractivity contribution >= 4 is 11.6 Å². The van der Waals surface area contributed by atoms with E-state index in [1.807, 2.05) is 0 Å². The fourth-order valence-electron chi connectivity index (χ4n) is 0.848. The summed E-state index contributed by atoms with van der Waals surface area (Å²) in [6, 6.07) is -1.54. The van der Waals surface area contributed by atoms with E-state index in [2.05, 4.69) is 4.98 Å². The van der Waals surface area contributed by atoms with Crippen LogP contribution < -0.4 is 5.73 Å². The molecule has 0 aromatic carbocycles. The maximum Gasteiger partial charge on any atom is 0.407 e. The van der Waals surface area contributed by atoms with Gasteiger partial charge < -0.3 is 5.73 Å². The molecule has 0 spiro atoms. The number of alkyl halides is 3. The fourth-order valence-corrected chi connectivity index (χ4v) is 1.01. The van der Waals surface area contributed by atoms with E-state index in [1.165, 1.54) is 0 Å². The molecule has 2 N–H and O–H groups in total. The molecular weight excluding hydrogens is 224 g/mol. The summed E-state index contributed by atoms with van der Waals surface area (Å²) < 4.78 is 49.3. The summed E-state index contributed by atoms with van der Waals surface area (Å²) in [5.74, 6) is -1.24. The van der Waals surface area contributed by atoms with Crippen molar-refractivity contribution in [1.29, 1.82) is 0 Å². The van der Waals surface area contributed by atoms with Crippen LogP contribution in [0, 0.1) is 5.82 Å². The number of nitrogens with zero attached hydrogens (tertiary/aromatic N) is 1. The molecule has 1 aromatic heterocycles. The van der Waals surface area contributed by atoms with Gasteiger partial charge >= 0.3 is 6.18 Å². The number of pyridine rings is 1. The summed E-state index contributed by atoms with van der Waals surface area (Å²) in [6.45, 7) is 0. The third kappa shape index (κ3) is 2.13. The molecule has 1 atom stereocenters. The van der Waals surface area contributed by atoms with Crippen molar-refractivity contribution in [3.8, 4) is 0 Å². The summed E-state index contributed by atoms with van der Waals surface area (Å²) in [5, 5.41) is -0.623. The summed E-state index contributed by atoms with van der Waals surface area (Å²) in [4.78, 5) is 3.27. The maximum atomic E-state index is 13.0.